The van der Waals surface area contributed by atoms with Crippen molar-refractivity contribution >= 4 is 11.0 Å². The lowest BCUT2D eigenvalue weighted by atomic mass is 9.81. The van der Waals surface area contributed by atoms with Crippen LogP contribution in [0.2, 0.25) is 0 Å². The SMILES string of the molecule is CCC(C)(C)c1ccc(-n2c(-c3cc(C(C)(C)C)cc(C)c3O)nc3c(-c4cc(-c5cc(-c6ccc(-c7ccccc7)cc6)ccn5)cc(C(C)(C)C)c4)cccc32)c(-c2ccccc2)c1. The monoisotopic (exact) mass is 863 g/mol. The number of imidazole rings is 1. The van der Waals surface area contributed by atoms with Crippen molar-refractivity contribution in [3.05, 3.63) is 192 Å². The van der Waals surface area contributed by atoms with Gasteiger partial charge >= 0.3 is 0 Å². The summed E-state index contributed by atoms with van der Waals surface area (Å²) in [4.78, 5) is 10.6. The molecule has 4 nitrogen and oxygen atoms in total. The molecule has 0 aliphatic rings. The summed E-state index contributed by atoms with van der Waals surface area (Å²) in [7, 11) is 0. The van der Waals surface area contributed by atoms with Gasteiger partial charge in [-0.15, -0.1) is 0 Å². The van der Waals surface area contributed by atoms with Crippen LogP contribution in [0.1, 0.15) is 91.0 Å². The van der Waals surface area contributed by atoms with Crippen molar-refractivity contribution in [2.45, 2.75) is 91.9 Å². The third-order valence-electron chi connectivity index (χ3n) is 13.6. The largest absolute Gasteiger partial charge is 0.507 e. The first kappa shape index (κ1) is 44.2. The van der Waals surface area contributed by atoms with E-state index in [0.29, 0.717) is 11.4 Å². The van der Waals surface area contributed by atoms with Crippen LogP contribution in [0.5, 0.6) is 5.75 Å². The number of pyridine rings is 1. The Kier molecular flexibility index (Phi) is 11.4. The highest BCUT2D eigenvalue weighted by Gasteiger charge is 2.27. The molecule has 0 aliphatic carbocycles. The second-order valence-corrected chi connectivity index (χ2v) is 20.6. The Balaban J connectivity index is 1.27. The van der Waals surface area contributed by atoms with Crippen molar-refractivity contribution in [2.75, 3.05) is 0 Å². The normalized spacial score (nSPS) is 12.2. The zero-order valence-corrected chi connectivity index (χ0v) is 40.2. The Labute approximate surface area is 391 Å². The predicted octanol–water partition coefficient (Wildman–Crippen LogP) is 16.7. The minimum Gasteiger partial charge on any atom is -0.507 e. The van der Waals surface area contributed by atoms with Crippen LogP contribution in [0.3, 0.4) is 0 Å². The van der Waals surface area contributed by atoms with Crippen molar-refractivity contribution in [3.8, 4) is 78.6 Å². The second-order valence-electron chi connectivity index (χ2n) is 20.6. The highest BCUT2D eigenvalue weighted by molar-refractivity contribution is 5.98. The fraction of sp³-hybridized carbons (Fsp3) is 0.226. The Morgan fingerprint density at radius 3 is 1.73 bits per heavy atom. The van der Waals surface area contributed by atoms with Gasteiger partial charge < -0.3 is 5.11 Å². The Bertz CT molecular complexity index is 3220. The standard InChI is InChI=1S/C62H61N3O/c1-11-62(9,10)48-29-30-55(52(38-48)44-21-16-13-17-22-44)65-56-24-18-23-51(57(56)64-59(65)53-39-49(60(3,4)5)33-40(2)58(53)66)46-34-47(36-50(35-46)61(6,7)8)54-37-45(31-32-63-54)43-27-25-42(26-28-43)41-19-14-12-15-20-41/h12-39,66H,11H2,1-10H3. The van der Waals surface area contributed by atoms with Gasteiger partial charge in [0, 0.05) is 22.9 Å². The molecular formula is C62H61N3O. The van der Waals surface area contributed by atoms with Crippen LogP contribution in [0.4, 0.5) is 0 Å². The van der Waals surface area contributed by atoms with Crippen LogP contribution in [0.15, 0.2) is 170 Å². The van der Waals surface area contributed by atoms with E-state index in [1.54, 1.807) is 0 Å². The molecular weight excluding hydrogens is 803 g/mol. The molecule has 1 N–H and O–H groups in total. The maximum Gasteiger partial charge on any atom is 0.149 e. The maximum atomic E-state index is 12.1. The maximum absolute atomic E-state index is 12.1. The summed E-state index contributed by atoms with van der Waals surface area (Å²) in [5.41, 5.74) is 18.6. The molecule has 0 saturated carbocycles. The summed E-state index contributed by atoms with van der Waals surface area (Å²) >= 11 is 0. The van der Waals surface area contributed by atoms with Crippen LogP contribution in [0.25, 0.3) is 83.9 Å². The van der Waals surface area contributed by atoms with Gasteiger partial charge in [0.05, 0.1) is 28.0 Å². The summed E-state index contributed by atoms with van der Waals surface area (Å²) in [6.07, 6.45) is 2.93. The van der Waals surface area contributed by atoms with Gasteiger partial charge in [-0.2, -0.15) is 0 Å². The van der Waals surface area contributed by atoms with Gasteiger partial charge in [-0.05, 0) is 134 Å². The van der Waals surface area contributed by atoms with E-state index in [0.717, 1.165) is 78.9 Å². The van der Waals surface area contributed by atoms with E-state index in [4.69, 9.17) is 9.97 Å². The molecule has 4 heteroatoms. The summed E-state index contributed by atoms with van der Waals surface area (Å²) in [5, 5.41) is 12.1. The lowest BCUT2D eigenvalue weighted by Gasteiger charge is -2.26. The second kappa shape index (κ2) is 17.1. The number of fused-ring (bicyclic) bond motifs is 1. The van der Waals surface area contributed by atoms with E-state index >= 15 is 0 Å². The van der Waals surface area contributed by atoms with Crippen molar-refractivity contribution in [1.82, 2.24) is 14.5 Å². The predicted molar refractivity (Wildman–Crippen MR) is 279 cm³/mol. The molecule has 2 aromatic heterocycles. The van der Waals surface area contributed by atoms with Crippen LogP contribution in [0, 0.1) is 6.92 Å². The van der Waals surface area contributed by atoms with Crippen LogP contribution in [-0.2, 0) is 16.2 Å². The number of benzene rings is 7. The number of rotatable bonds is 9. The number of hydrogen-bond acceptors (Lipinski definition) is 3. The van der Waals surface area contributed by atoms with Crippen molar-refractivity contribution in [2.24, 2.45) is 0 Å². The molecule has 7 aromatic carbocycles. The molecule has 0 atom stereocenters. The number of phenolic OH excluding ortho intramolecular Hbond substituents is 1. The molecule has 0 radical (unpaired) electrons. The van der Waals surface area contributed by atoms with E-state index in [1.165, 1.54) is 22.3 Å². The van der Waals surface area contributed by atoms with Gasteiger partial charge in [-0.1, -0.05) is 178 Å². The van der Waals surface area contributed by atoms with E-state index in [1.807, 2.05) is 13.1 Å². The van der Waals surface area contributed by atoms with Gasteiger partial charge in [-0.25, -0.2) is 4.98 Å². The molecule has 0 spiro atoms. The number of phenols is 1. The molecule has 0 saturated heterocycles. The summed E-state index contributed by atoms with van der Waals surface area (Å²) in [5.74, 6) is 0.937. The van der Waals surface area contributed by atoms with Crippen LogP contribution in [-0.4, -0.2) is 19.6 Å². The van der Waals surface area contributed by atoms with E-state index in [-0.39, 0.29) is 22.0 Å². The van der Waals surface area contributed by atoms with Crippen molar-refractivity contribution < 1.29 is 5.11 Å². The van der Waals surface area contributed by atoms with Crippen LogP contribution >= 0.6 is 0 Å². The Morgan fingerprint density at radius 2 is 1.08 bits per heavy atom. The fourth-order valence-corrected chi connectivity index (χ4v) is 8.96. The van der Waals surface area contributed by atoms with Gasteiger partial charge in [-0.3, -0.25) is 9.55 Å². The first-order chi connectivity index (χ1) is 31.5. The van der Waals surface area contributed by atoms with Gasteiger partial charge in [0.25, 0.3) is 0 Å². The molecule has 330 valence electrons. The summed E-state index contributed by atoms with van der Waals surface area (Å²) in [6, 6.07) is 58.8. The molecule has 9 aromatic rings. The molecule has 0 unspecified atom stereocenters. The number of para-hydroxylation sites is 1. The lowest BCUT2D eigenvalue weighted by Crippen LogP contribution is -2.16. The smallest absolute Gasteiger partial charge is 0.149 e. The molecule has 0 fully saturated rings. The van der Waals surface area contributed by atoms with Crippen molar-refractivity contribution in [1.29, 1.82) is 0 Å². The van der Waals surface area contributed by atoms with Gasteiger partial charge in [0.15, 0.2) is 0 Å². The van der Waals surface area contributed by atoms with Crippen molar-refractivity contribution in [3.63, 3.8) is 0 Å². The van der Waals surface area contributed by atoms with Gasteiger partial charge in [0.1, 0.15) is 11.6 Å². The Hall–Kier alpha value is -7.04. The number of aromatic nitrogens is 3. The number of aromatic hydroxyl groups is 1. The molecule has 0 bridgehead atoms. The van der Waals surface area contributed by atoms with E-state index in [2.05, 4.69) is 231 Å². The third-order valence-corrected chi connectivity index (χ3v) is 13.6. The van der Waals surface area contributed by atoms with Gasteiger partial charge in [0.2, 0.25) is 0 Å². The molecule has 2 heterocycles. The summed E-state index contributed by atoms with van der Waals surface area (Å²) in [6.45, 7) is 22.3. The topological polar surface area (TPSA) is 50.9 Å². The lowest BCUT2D eigenvalue weighted by molar-refractivity contribution is 0.471. The zero-order valence-electron chi connectivity index (χ0n) is 40.2. The quantitative estimate of drug-likeness (QED) is 0.157. The van der Waals surface area contributed by atoms with E-state index < -0.39 is 0 Å². The average Bonchev–Trinajstić information content (AvgIpc) is 3.71. The highest BCUT2D eigenvalue weighted by atomic mass is 16.3. The highest BCUT2D eigenvalue weighted by Crippen LogP contribution is 2.44. The minimum absolute atomic E-state index is 0.0252. The number of hydrogen-bond donors (Lipinski definition) is 1. The number of nitrogens with zero attached hydrogens (tertiary/aromatic N) is 3. The van der Waals surface area contributed by atoms with E-state index in [9.17, 15) is 5.11 Å². The molecule has 66 heavy (non-hydrogen) atoms. The molecule has 0 aliphatic heterocycles. The number of aryl methyl sites for hydroxylation is 1. The average molecular weight is 864 g/mol. The summed E-state index contributed by atoms with van der Waals surface area (Å²) < 4.78 is 2.29. The third kappa shape index (κ3) is 8.49. The molecule has 0 amide bonds. The van der Waals surface area contributed by atoms with Crippen LogP contribution < -0.4 is 0 Å². The first-order valence-corrected chi connectivity index (χ1v) is 23.3. The molecule has 9 rings (SSSR count). The zero-order chi connectivity index (χ0) is 46.5. The first-order valence-electron chi connectivity index (χ1n) is 23.3. The fourth-order valence-electron chi connectivity index (χ4n) is 8.96. The minimum atomic E-state index is -0.154. The Morgan fingerprint density at radius 1 is 0.485 bits per heavy atom.